The Labute approximate surface area is 117 Å². The van der Waals surface area contributed by atoms with E-state index in [1.165, 1.54) is 5.56 Å². The SMILES string of the molecule is Cc1ccccc1-c1nnc(SCCCCl)n1C. The van der Waals surface area contributed by atoms with Crippen molar-refractivity contribution in [2.75, 3.05) is 11.6 Å². The van der Waals surface area contributed by atoms with Gasteiger partial charge in [0.1, 0.15) is 0 Å². The molecule has 0 atom stereocenters. The van der Waals surface area contributed by atoms with E-state index < -0.39 is 0 Å². The summed E-state index contributed by atoms with van der Waals surface area (Å²) in [4.78, 5) is 0. The third kappa shape index (κ3) is 2.87. The number of benzene rings is 1. The number of hydrogen-bond donors (Lipinski definition) is 0. The monoisotopic (exact) mass is 281 g/mol. The van der Waals surface area contributed by atoms with Gasteiger partial charge in [0.25, 0.3) is 0 Å². The molecule has 0 radical (unpaired) electrons. The standard InChI is InChI=1S/C13H16ClN3S/c1-10-6-3-4-7-11(10)12-15-16-13(17(12)2)18-9-5-8-14/h3-4,6-7H,5,8-9H2,1-2H3. The molecule has 3 nitrogen and oxygen atoms in total. The van der Waals surface area contributed by atoms with Crippen molar-refractivity contribution in [1.29, 1.82) is 0 Å². The van der Waals surface area contributed by atoms with Gasteiger partial charge in [-0.1, -0.05) is 36.0 Å². The summed E-state index contributed by atoms with van der Waals surface area (Å²) in [5.74, 6) is 2.58. The van der Waals surface area contributed by atoms with Gasteiger partial charge in [-0.05, 0) is 18.9 Å². The molecule has 0 aliphatic rings. The van der Waals surface area contributed by atoms with Crippen LogP contribution in [0.5, 0.6) is 0 Å². The van der Waals surface area contributed by atoms with E-state index in [9.17, 15) is 0 Å². The van der Waals surface area contributed by atoms with Crippen LogP contribution in [-0.4, -0.2) is 26.4 Å². The van der Waals surface area contributed by atoms with E-state index in [4.69, 9.17) is 11.6 Å². The molecule has 1 aromatic carbocycles. The first-order valence-corrected chi connectivity index (χ1v) is 7.40. The van der Waals surface area contributed by atoms with Crippen molar-refractivity contribution in [3.8, 4) is 11.4 Å². The highest BCUT2D eigenvalue weighted by Crippen LogP contribution is 2.25. The van der Waals surface area contributed by atoms with Crippen LogP contribution in [-0.2, 0) is 7.05 Å². The van der Waals surface area contributed by atoms with Gasteiger partial charge in [0, 0.05) is 24.2 Å². The fourth-order valence-electron chi connectivity index (χ4n) is 1.72. The molecule has 18 heavy (non-hydrogen) atoms. The van der Waals surface area contributed by atoms with Crippen LogP contribution >= 0.6 is 23.4 Å². The van der Waals surface area contributed by atoms with Crippen LogP contribution in [0.25, 0.3) is 11.4 Å². The molecule has 2 aromatic rings. The van der Waals surface area contributed by atoms with Gasteiger partial charge in [0.05, 0.1) is 0 Å². The molecule has 1 aromatic heterocycles. The number of alkyl halides is 1. The molecular weight excluding hydrogens is 266 g/mol. The maximum absolute atomic E-state index is 5.67. The van der Waals surface area contributed by atoms with E-state index >= 15 is 0 Å². The van der Waals surface area contributed by atoms with Crippen molar-refractivity contribution in [2.24, 2.45) is 7.05 Å². The molecule has 0 bridgehead atoms. The quantitative estimate of drug-likeness (QED) is 0.477. The summed E-state index contributed by atoms with van der Waals surface area (Å²) in [5.41, 5.74) is 2.35. The van der Waals surface area contributed by atoms with E-state index in [1.807, 2.05) is 23.7 Å². The summed E-state index contributed by atoms with van der Waals surface area (Å²) in [6, 6.07) is 8.22. The van der Waals surface area contributed by atoms with Crippen LogP contribution in [0, 0.1) is 6.92 Å². The largest absolute Gasteiger partial charge is 0.305 e. The minimum absolute atomic E-state index is 0.690. The fourth-order valence-corrected chi connectivity index (χ4v) is 2.86. The van der Waals surface area contributed by atoms with Crippen molar-refractivity contribution in [3.05, 3.63) is 29.8 Å². The summed E-state index contributed by atoms with van der Waals surface area (Å²) in [6.07, 6.45) is 0.985. The summed E-state index contributed by atoms with van der Waals surface area (Å²) in [7, 11) is 2.00. The van der Waals surface area contributed by atoms with Gasteiger partial charge in [-0.3, -0.25) is 0 Å². The minimum Gasteiger partial charge on any atom is -0.305 e. The average Bonchev–Trinajstić information content (AvgIpc) is 2.72. The smallest absolute Gasteiger partial charge is 0.191 e. The Morgan fingerprint density at radius 3 is 2.78 bits per heavy atom. The molecule has 0 N–H and O–H groups in total. The Morgan fingerprint density at radius 2 is 2.06 bits per heavy atom. The number of aromatic nitrogens is 3. The molecular formula is C13H16ClN3S. The zero-order valence-corrected chi connectivity index (χ0v) is 12.1. The first-order chi connectivity index (χ1) is 8.74. The van der Waals surface area contributed by atoms with E-state index in [0.29, 0.717) is 5.88 Å². The number of hydrogen-bond acceptors (Lipinski definition) is 3. The van der Waals surface area contributed by atoms with Gasteiger partial charge in [0.15, 0.2) is 11.0 Å². The van der Waals surface area contributed by atoms with Crippen molar-refractivity contribution in [2.45, 2.75) is 18.5 Å². The topological polar surface area (TPSA) is 30.7 Å². The molecule has 0 spiro atoms. The lowest BCUT2D eigenvalue weighted by Crippen LogP contribution is -1.96. The second kappa shape index (κ2) is 6.25. The minimum atomic E-state index is 0.690. The Bertz CT molecular complexity index is 525. The van der Waals surface area contributed by atoms with Gasteiger partial charge in [-0.2, -0.15) is 0 Å². The van der Waals surface area contributed by atoms with E-state index in [1.54, 1.807) is 11.8 Å². The Kier molecular flexibility index (Phi) is 4.66. The molecule has 0 fully saturated rings. The molecule has 0 saturated carbocycles. The summed E-state index contributed by atoms with van der Waals surface area (Å²) in [6.45, 7) is 2.09. The second-order valence-electron chi connectivity index (χ2n) is 4.07. The van der Waals surface area contributed by atoms with Crippen LogP contribution in [0.2, 0.25) is 0 Å². The highest BCUT2D eigenvalue weighted by atomic mass is 35.5. The molecule has 5 heteroatoms. The molecule has 0 aliphatic carbocycles. The number of rotatable bonds is 5. The lowest BCUT2D eigenvalue weighted by molar-refractivity contribution is 0.793. The molecule has 2 rings (SSSR count). The number of aryl methyl sites for hydroxylation is 1. The lowest BCUT2D eigenvalue weighted by atomic mass is 10.1. The number of nitrogens with zero attached hydrogens (tertiary/aromatic N) is 3. The number of halogens is 1. The average molecular weight is 282 g/mol. The highest BCUT2D eigenvalue weighted by molar-refractivity contribution is 7.99. The molecule has 0 unspecified atom stereocenters. The summed E-state index contributed by atoms with van der Waals surface area (Å²) in [5, 5.41) is 9.47. The Morgan fingerprint density at radius 1 is 1.28 bits per heavy atom. The lowest BCUT2D eigenvalue weighted by Gasteiger charge is -2.05. The maximum Gasteiger partial charge on any atom is 0.191 e. The van der Waals surface area contributed by atoms with E-state index in [0.717, 1.165) is 28.7 Å². The fraction of sp³-hybridized carbons (Fsp3) is 0.385. The summed E-state index contributed by atoms with van der Waals surface area (Å²) < 4.78 is 2.04. The van der Waals surface area contributed by atoms with Crippen LogP contribution in [0.4, 0.5) is 0 Å². The molecule has 0 saturated heterocycles. The van der Waals surface area contributed by atoms with Crippen LogP contribution in [0.3, 0.4) is 0 Å². The normalized spacial score (nSPS) is 10.8. The second-order valence-corrected chi connectivity index (χ2v) is 5.51. The number of thioether (sulfide) groups is 1. The van der Waals surface area contributed by atoms with Crippen molar-refractivity contribution >= 4 is 23.4 Å². The van der Waals surface area contributed by atoms with Crippen LogP contribution < -0.4 is 0 Å². The van der Waals surface area contributed by atoms with Gasteiger partial charge < -0.3 is 4.57 Å². The van der Waals surface area contributed by atoms with Gasteiger partial charge in [-0.25, -0.2) is 0 Å². The van der Waals surface area contributed by atoms with E-state index in [-0.39, 0.29) is 0 Å². The third-order valence-electron chi connectivity index (χ3n) is 2.73. The van der Waals surface area contributed by atoms with Crippen molar-refractivity contribution in [3.63, 3.8) is 0 Å². The van der Waals surface area contributed by atoms with Crippen molar-refractivity contribution < 1.29 is 0 Å². The molecule has 0 aliphatic heterocycles. The molecule has 96 valence electrons. The predicted octanol–water partition coefficient (Wildman–Crippen LogP) is 3.51. The molecule has 1 heterocycles. The Balaban J connectivity index is 2.23. The zero-order chi connectivity index (χ0) is 13.0. The first-order valence-electron chi connectivity index (χ1n) is 5.88. The summed E-state index contributed by atoms with van der Waals surface area (Å²) >= 11 is 7.37. The van der Waals surface area contributed by atoms with Gasteiger partial charge >= 0.3 is 0 Å². The van der Waals surface area contributed by atoms with Gasteiger partial charge in [0.2, 0.25) is 0 Å². The van der Waals surface area contributed by atoms with E-state index in [2.05, 4.69) is 29.3 Å². The highest BCUT2D eigenvalue weighted by Gasteiger charge is 2.12. The third-order valence-corrected chi connectivity index (χ3v) is 4.10. The van der Waals surface area contributed by atoms with Crippen LogP contribution in [0.15, 0.2) is 29.4 Å². The van der Waals surface area contributed by atoms with Crippen molar-refractivity contribution in [1.82, 2.24) is 14.8 Å². The maximum atomic E-state index is 5.67. The Hall–Kier alpha value is -1.000. The first kappa shape index (κ1) is 13.4. The zero-order valence-electron chi connectivity index (χ0n) is 10.6. The predicted molar refractivity (Wildman–Crippen MR) is 77.2 cm³/mol. The van der Waals surface area contributed by atoms with Crippen LogP contribution in [0.1, 0.15) is 12.0 Å². The van der Waals surface area contributed by atoms with Gasteiger partial charge in [-0.15, -0.1) is 21.8 Å². The molecule has 0 amide bonds.